The number of hydrogen-bond donors (Lipinski definition) is 2. The predicted octanol–water partition coefficient (Wildman–Crippen LogP) is 4.03. The number of thioether (sulfide) groups is 1. The molecule has 0 fully saturated rings. The van der Waals surface area contributed by atoms with Crippen LogP contribution in [0.25, 0.3) is 0 Å². The molecule has 10 heteroatoms. The lowest BCUT2D eigenvalue weighted by Crippen LogP contribution is -2.13. The second kappa shape index (κ2) is 8.39. The molecule has 0 bridgehead atoms. The van der Waals surface area contributed by atoms with Gasteiger partial charge in [0.25, 0.3) is 5.91 Å². The fourth-order valence-electron chi connectivity index (χ4n) is 1.92. The maximum atomic E-state index is 13.1. The highest BCUT2D eigenvalue weighted by molar-refractivity contribution is 8.01. The zero-order chi connectivity index (χ0) is 18.5. The van der Waals surface area contributed by atoms with Crippen molar-refractivity contribution >= 4 is 57.1 Å². The van der Waals surface area contributed by atoms with Gasteiger partial charge in [-0.2, -0.15) is 0 Å². The highest BCUT2D eigenvalue weighted by atomic mass is 32.2. The Balaban J connectivity index is 1.50. The van der Waals surface area contributed by atoms with Crippen molar-refractivity contribution in [1.29, 1.82) is 0 Å². The minimum absolute atomic E-state index is 0.100. The van der Waals surface area contributed by atoms with Gasteiger partial charge in [-0.15, -0.1) is 21.5 Å². The molecule has 0 unspecified atom stereocenters. The predicted molar refractivity (Wildman–Crippen MR) is 103 cm³/mol. The molecule has 0 spiro atoms. The molecule has 0 saturated heterocycles. The van der Waals surface area contributed by atoms with Gasteiger partial charge in [0.1, 0.15) is 5.82 Å². The van der Waals surface area contributed by atoms with Crippen LogP contribution in [0.15, 0.2) is 40.1 Å². The van der Waals surface area contributed by atoms with Gasteiger partial charge < -0.3 is 5.32 Å². The van der Waals surface area contributed by atoms with Crippen molar-refractivity contribution in [3.8, 4) is 0 Å². The van der Waals surface area contributed by atoms with Crippen molar-refractivity contribution in [1.82, 2.24) is 10.2 Å². The number of carbonyl (C=O) groups excluding carboxylic acids is 2. The summed E-state index contributed by atoms with van der Waals surface area (Å²) in [4.78, 5) is 24.6. The van der Waals surface area contributed by atoms with E-state index in [1.54, 1.807) is 12.1 Å². The lowest BCUT2D eigenvalue weighted by molar-refractivity contribution is -0.113. The first-order valence-corrected chi connectivity index (χ1v) is 10.1. The largest absolute Gasteiger partial charge is 0.325 e. The van der Waals surface area contributed by atoms with E-state index in [1.807, 2.05) is 12.3 Å². The molecule has 2 amide bonds. The van der Waals surface area contributed by atoms with Crippen molar-refractivity contribution < 1.29 is 14.0 Å². The van der Waals surface area contributed by atoms with Crippen LogP contribution in [0.2, 0.25) is 0 Å². The number of benzene rings is 1. The molecule has 6 nitrogen and oxygen atoms in total. The summed E-state index contributed by atoms with van der Waals surface area (Å²) in [6.45, 7) is 1.92. The van der Waals surface area contributed by atoms with E-state index in [0.717, 1.165) is 5.56 Å². The summed E-state index contributed by atoms with van der Waals surface area (Å²) in [6.07, 6.45) is 0. The van der Waals surface area contributed by atoms with Crippen LogP contribution in [0.5, 0.6) is 0 Å². The molecular formula is C16H13FN4O2S3. The maximum Gasteiger partial charge on any atom is 0.267 e. The smallest absolute Gasteiger partial charge is 0.267 e. The Bertz CT molecular complexity index is 941. The third kappa shape index (κ3) is 5.10. The number of anilines is 2. The normalized spacial score (nSPS) is 10.5. The van der Waals surface area contributed by atoms with Gasteiger partial charge in [-0.25, -0.2) is 4.39 Å². The average Bonchev–Trinajstić information content (AvgIpc) is 3.22. The number of nitrogens with one attached hydrogen (secondary N) is 2. The topological polar surface area (TPSA) is 84.0 Å². The van der Waals surface area contributed by atoms with E-state index in [9.17, 15) is 14.0 Å². The van der Waals surface area contributed by atoms with Crippen LogP contribution < -0.4 is 10.6 Å². The molecule has 0 aliphatic heterocycles. The van der Waals surface area contributed by atoms with Gasteiger partial charge in [0, 0.05) is 5.69 Å². The van der Waals surface area contributed by atoms with Crippen LogP contribution in [0.1, 0.15) is 15.2 Å². The van der Waals surface area contributed by atoms with E-state index in [1.165, 1.54) is 52.6 Å². The molecule has 2 N–H and O–H groups in total. The molecule has 134 valence electrons. The minimum Gasteiger partial charge on any atom is -0.325 e. The lowest BCUT2D eigenvalue weighted by atomic mass is 10.3. The summed E-state index contributed by atoms with van der Waals surface area (Å²) < 4.78 is 13.6. The standard InChI is InChI=1S/C16H13FN4O2S3/c1-9-5-12(24-7-9)14(23)19-15-20-21-16(26-15)25-8-13(22)18-11-4-2-3-10(17)6-11/h2-7H,8H2,1H3,(H,18,22)(H,19,20,23). The Morgan fingerprint density at radius 1 is 1.23 bits per heavy atom. The highest BCUT2D eigenvalue weighted by Crippen LogP contribution is 2.26. The molecule has 2 aromatic heterocycles. The summed E-state index contributed by atoms with van der Waals surface area (Å²) in [5.41, 5.74) is 1.42. The van der Waals surface area contributed by atoms with Crippen molar-refractivity contribution in [3.05, 3.63) is 52.0 Å². The molecule has 3 rings (SSSR count). The number of thiophene rings is 1. The van der Waals surface area contributed by atoms with Gasteiger partial charge >= 0.3 is 0 Å². The number of nitrogens with zero attached hydrogens (tertiary/aromatic N) is 2. The first-order valence-electron chi connectivity index (χ1n) is 7.38. The summed E-state index contributed by atoms with van der Waals surface area (Å²) in [5.74, 6) is -0.834. The van der Waals surface area contributed by atoms with Crippen molar-refractivity contribution in [2.75, 3.05) is 16.4 Å². The lowest BCUT2D eigenvalue weighted by Gasteiger charge is -2.03. The number of rotatable bonds is 6. The quantitative estimate of drug-likeness (QED) is 0.475. The zero-order valence-electron chi connectivity index (χ0n) is 13.5. The number of halogens is 1. The van der Waals surface area contributed by atoms with E-state index >= 15 is 0 Å². The summed E-state index contributed by atoms with van der Waals surface area (Å²) >= 11 is 3.74. The van der Waals surface area contributed by atoms with Gasteiger partial charge in [-0.05, 0) is 42.1 Å². The first-order chi connectivity index (χ1) is 12.5. The average molecular weight is 409 g/mol. The van der Waals surface area contributed by atoms with Gasteiger partial charge in [0.2, 0.25) is 11.0 Å². The van der Waals surface area contributed by atoms with E-state index in [2.05, 4.69) is 20.8 Å². The van der Waals surface area contributed by atoms with Crippen LogP contribution in [-0.2, 0) is 4.79 Å². The van der Waals surface area contributed by atoms with Gasteiger partial charge in [-0.1, -0.05) is 29.2 Å². The summed E-state index contributed by atoms with van der Waals surface area (Å²) in [5, 5.41) is 15.4. The van der Waals surface area contributed by atoms with E-state index in [-0.39, 0.29) is 17.6 Å². The Hall–Kier alpha value is -2.30. The Morgan fingerprint density at radius 2 is 2.08 bits per heavy atom. The van der Waals surface area contributed by atoms with E-state index in [0.29, 0.717) is 20.0 Å². The van der Waals surface area contributed by atoms with Crippen molar-refractivity contribution in [2.24, 2.45) is 0 Å². The first kappa shape index (κ1) is 18.5. The molecule has 0 saturated carbocycles. The fourth-order valence-corrected chi connectivity index (χ4v) is 4.26. The monoisotopic (exact) mass is 408 g/mol. The molecule has 0 atom stereocenters. The second-order valence-electron chi connectivity index (χ2n) is 5.16. The van der Waals surface area contributed by atoms with Crippen molar-refractivity contribution in [2.45, 2.75) is 11.3 Å². The Kier molecular flexibility index (Phi) is 5.96. The number of carbonyl (C=O) groups is 2. The molecule has 0 aliphatic carbocycles. The second-order valence-corrected chi connectivity index (χ2v) is 8.27. The molecule has 26 heavy (non-hydrogen) atoms. The Labute approximate surface area is 160 Å². The van der Waals surface area contributed by atoms with Gasteiger partial charge in [0.15, 0.2) is 4.34 Å². The number of amides is 2. The minimum atomic E-state index is -0.416. The molecule has 2 heterocycles. The SMILES string of the molecule is Cc1csc(C(=O)Nc2nnc(SCC(=O)Nc3cccc(F)c3)s2)c1. The molecule has 1 aromatic carbocycles. The third-order valence-electron chi connectivity index (χ3n) is 3.02. The fraction of sp³-hybridized carbons (Fsp3) is 0.125. The van der Waals surface area contributed by atoms with Crippen molar-refractivity contribution in [3.63, 3.8) is 0 Å². The van der Waals surface area contributed by atoms with Crippen LogP contribution in [0, 0.1) is 12.7 Å². The molecule has 0 radical (unpaired) electrons. The van der Waals surface area contributed by atoms with Crippen LogP contribution in [0.4, 0.5) is 15.2 Å². The maximum absolute atomic E-state index is 13.1. The Morgan fingerprint density at radius 3 is 2.81 bits per heavy atom. The van der Waals surface area contributed by atoms with Crippen LogP contribution in [-0.4, -0.2) is 27.8 Å². The van der Waals surface area contributed by atoms with E-state index < -0.39 is 5.82 Å². The summed E-state index contributed by atoms with van der Waals surface area (Å²) in [6, 6.07) is 7.48. The number of aryl methyl sites for hydroxylation is 1. The number of hydrogen-bond acceptors (Lipinski definition) is 7. The zero-order valence-corrected chi connectivity index (χ0v) is 15.9. The number of aromatic nitrogens is 2. The summed E-state index contributed by atoms with van der Waals surface area (Å²) in [7, 11) is 0. The molecular weight excluding hydrogens is 395 g/mol. The van der Waals surface area contributed by atoms with E-state index in [4.69, 9.17) is 0 Å². The van der Waals surface area contributed by atoms with Gasteiger partial charge in [-0.3, -0.25) is 14.9 Å². The van der Waals surface area contributed by atoms with Crippen LogP contribution >= 0.6 is 34.4 Å². The van der Waals surface area contributed by atoms with Crippen LogP contribution in [0.3, 0.4) is 0 Å². The third-order valence-corrected chi connectivity index (χ3v) is 6.04. The highest BCUT2D eigenvalue weighted by Gasteiger charge is 2.13. The molecule has 0 aliphatic rings. The molecule has 3 aromatic rings. The van der Waals surface area contributed by atoms with Gasteiger partial charge in [0.05, 0.1) is 10.6 Å².